The second-order valence-electron chi connectivity index (χ2n) is 8.58. The zero-order valence-corrected chi connectivity index (χ0v) is 17.4. The van der Waals surface area contributed by atoms with Crippen LogP contribution in [0, 0.1) is 22.0 Å². The maximum absolute atomic E-state index is 13.8. The first-order valence-corrected chi connectivity index (χ1v) is 10.7. The molecule has 4 aliphatic heterocycles. The maximum atomic E-state index is 13.8. The molecule has 10 heteroatoms. The van der Waals surface area contributed by atoms with E-state index in [1.54, 1.807) is 6.07 Å². The molecule has 3 fully saturated rings. The van der Waals surface area contributed by atoms with Crippen molar-refractivity contribution in [2.75, 3.05) is 16.8 Å². The summed E-state index contributed by atoms with van der Waals surface area (Å²) in [6.07, 6.45) is 1.50. The van der Waals surface area contributed by atoms with Gasteiger partial charge in [0, 0.05) is 29.4 Å². The van der Waals surface area contributed by atoms with E-state index in [2.05, 4.69) is 5.32 Å². The Balaban J connectivity index is 1.55. The van der Waals surface area contributed by atoms with Gasteiger partial charge in [-0.1, -0.05) is 29.8 Å². The fourth-order valence-corrected chi connectivity index (χ4v) is 6.38. The number of anilines is 2. The maximum Gasteiger partial charge on any atom is 0.271 e. The van der Waals surface area contributed by atoms with Crippen LogP contribution in [-0.2, 0) is 19.9 Å². The quantitative estimate of drug-likeness (QED) is 0.426. The van der Waals surface area contributed by atoms with Gasteiger partial charge in [0.1, 0.15) is 5.54 Å². The predicted octanol–water partition coefficient (Wildman–Crippen LogP) is 2.68. The average molecular weight is 453 g/mol. The molecule has 0 aliphatic carbocycles. The number of benzene rings is 2. The van der Waals surface area contributed by atoms with Crippen LogP contribution in [0.3, 0.4) is 0 Å². The highest BCUT2D eigenvalue weighted by Crippen LogP contribution is 2.60. The van der Waals surface area contributed by atoms with Crippen LogP contribution in [-0.4, -0.2) is 40.1 Å². The summed E-state index contributed by atoms with van der Waals surface area (Å²) in [5.74, 6) is -2.99. The molecule has 3 saturated heterocycles. The SMILES string of the molecule is O=C1[C@H]2[C@@H](C(=O)N1c1cc([N+](=O)[O-])ccc1Cl)[C@@]1(C(=O)Nc3ccccc31)N1CCC[C@@H]21. The Morgan fingerprint density at radius 2 is 1.91 bits per heavy atom. The third kappa shape index (κ3) is 2.14. The lowest BCUT2D eigenvalue weighted by Crippen LogP contribution is -2.54. The molecule has 0 aromatic heterocycles. The monoisotopic (exact) mass is 452 g/mol. The topological polar surface area (TPSA) is 113 Å². The molecule has 3 amide bonds. The van der Waals surface area contributed by atoms with E-state index in [0.717, 1.165) is 17.4 Å². The van der Waals surface area contributed by atoms with Crippen LogP contribution in [0.4, 0.5) is 17.1 Å². The summed E-state index contributed by atoms with van der Waals surface area (Å²) in [6, 6.07) is 10.6. The van der Waals surface area contributed by atoms with Crippen LogP contribution < -0.4 is 10.2 Å². The van der Waals surface area contributed by atoms with Gasteiger partial charge in [0.2, 0.25) is 17.7 Å². The van der Waals surface area contributed by atoms with Crippen molar-refractivity contribution in [1.29, 1.82) is 0 Å². The lowest BCUT2D eigenvalue weighted by atomic mass is 9.75. The van der Waals surface area contributed by atoms with Gasteiger partial charge in [0.25, 0.3) is 5.69 Å². The second kappa shape index (κ2) is 6.36. The molecule has 1 spiro atoms. The van der Waals surface area contributed by atoms with Gasteiger partial charge in [-0.15, -0.1) is 0 Å². The van der Waals surface area contributed by atoms with E-state index in [0.29, 0.717) is 24.2 Å². The molecule has 2 aromatic rings. The highest BCUT2D eigenvalue weighted by molar-refractivity contribution is 6.36. The highest BCUT2D eigenvalue weighted by atomic mass is 35.5. The smallest absolute Gasteiger partial charge is 0.271 e. The summed E-state index contributed by atoms with van der Waals surface area (Å²) in [5.41, 5.74) is -0.245. The largest absolute Gasteiger partial charge is 0.324 e. The van der Waals surface area contributed by atoms with Crippen molar-refractivity contribution in [2.45, 2.75) is 24.4 Å². The van der Waals surface area contributed by atoms with Gasteiger partial charge in [-0.25, -0.2) is 4.90 Å². The summed E-state index contributed by atoms with van der Waals surface area (Å²) < 4.78 is 0. The summed E-state index contributed by atoms with van der Waals surface area (Å²) >= 11 is 6.28. The fraction of sp³-hybridized carbons (Fsp3) is 0.318. The third-order valence-electron chi connectivity index (χ3n) is 7.28. The van der Waals surface area contributed by atoms with Crippen LogP contribution in [0.25, 0.3) is 0 Å². The summed E-state index contributed by atoms with van der Waals surface area (Å²) in [7, 11) is 0. The Morgan fingerprint density at radius 1 is 1.12 bits per heavy atom. The average Bonchev–Trinajstić information content (AvgIpc) is 3.47. The Labute approximate surface area is 187 Å². The molecule has 0 radical (unpaired) electrons. The highest BCUT2D eigenvalue weighted by Gasteiger charge is 2.74. The molecule has 4 atom stereocenters. The number of nitro benzene ring substituents is 1. The number of non-ortho nitro benzene ring substituents is 1. The first-order chi connectivity index (χ1) is 15.4. The van der Waals surface area contributed by atoms with E-state index >= 15 is 0 Å². The molecule has 4 aliphatic rings. The number of nitrogens with zero attached hydrogens (tertiary/aromatic N) is 3. The van der Waals surface area contributed by atoms with Gasteiger partial charge < -0.3 is 5.32 Å². The molecule has 9 nitrogen and oxygen atoms in total. The van der Waals surface area contributed by atoms with Crippen LogP contribution >= 0.6 is 11.6 Å². The Hall–Kier alpha value is -3.30. The van der Waals surface area contributed by atoms with Crippen LogP contribution in [0.5, 0.6) is 0 Å². The standard InChI is InChI=1S/C22H17ClN4O5/c23-13-8-7-11(27(31)32)10-16(13)26-19(28)17-15-6-3-9-25(15)22(18(17)20(26)29)12-4-1-2-5-14(12)24-21(22)30/h1-2,4-5,7-8,10,15,17-18H,3,6,9H2,(H,24,30)/t15-,17+,18-,22-/m0/s1. The first kappa shape index (κ1) is 19.4. The molecular weight excluding hydrogens is 436 g/mol. The lowest BCUT2D eigenvalue weighted by Gasteiger charge is -2.36. The number of carbonyl (C=O) groups excluding carboxylic acids is 3. The van der Waals surface area contributed by atoms with Crippen LogP contribution in [0.2, 0.25) is 5.02 Å². The normalized spacial score (nSPS) is 30.6. The van der Waals surface area contributed by atoms with Crippen molar-refractivity contribution < 1.29 is 19.3 Å². The lowest BCUT2D eigenvalue weighted by molar-refractivity contribution is -0.384. The van der Waals surface area contributed by atoms with Crippen molar-refractivity contribution in [1.82, 2.24) is 4.90 Å². The van der Waals surface area contributed by atoms with Gasteiger partial charge in [0.15, 0.2) is 0 Å². The number of halogens is 1. The summed E-state index contributed by atoms with van der Waals surface area (Å²) in [6.45, 7) is 0.609. The van der Waals surface area contributed by atoms with Crippen molar-refractivity contribution in [3.05, 3.63) is 63.2 Å². The molecule has 162 valence electrons. The van der Waals surface area contributed by atoms with E-state index in [1.165, 1.54) is 12.1 Å². The third-order valence-corrected chi connectivity index (χ3v) is 7.60. The number of nitro groups is 1. The van der Waals surface area contributed by atoms with Crippen molar-refractivity contribution in [3.63, 3.8) is 0 Å². The number of amides is 3. The Bertz CT molecular complexity index is 1250. The molecule has 32 heavy (non-hydrogen) atoms. The zero-order chi connectivity index (χ0) is 22.4. The number of carbonyl (C=O) groups is 3. The number of hydrogen-bond donors (Lipinski definition) is 1. The minimum atomic E-state index is -1.28. The number of fused-ring (bicyclic) bond motifs is 7. The molecule has 1 N–H and O–H groups in total. The van der Waals surface area contributed by atoms with E-state index in [-0.39, 0.29) is 28.3 Å². The van der Waals surface area contributed by atoms with E-state index in [9.17, 15) is 24.5 Å². The van der Waals surface area contributed by atoms with Gasteiger partial charge in [-0.2, -0.15) is 0 Å². The molecule has 2 aromatic carbocycles. The molecule has 0 saturated carbocycles. The molecule has 0 bridgehead atoms. The molecule has 6 rings (SSSR count). The van der Waals surface area contributed by atoms with E-state index < -0.39 is 34.1 Å². The van der Waals surface area contributed by atoms with Crippen molar-refractivity contribution in [2.24, 2.45) is 11.8 Å². The van der Waals surface area contributed by atoms with Gasteiger partial charge in [-0.3, -0.25) is 29.4 Å². The summed E-state index contributed by atoms with van der Waals surface area (Å²) in [5, 5.41) is 14.3. The number of hydrogen-bond acceptors (Lipinski definition) is 6. The van der Waals surface area contributed by atoms with Crippen LogP contribution in [0.1, 0.15) is 18.4 Å². The van der Waals surface area contributed by atoms with Crippen molar-refractivity contribution >= 4 is 46.4 Å². The molecule has 4 heterocycles. The van der Waals surface area contributed by atoms with Gasteiger partial charge >= 0.3 is 0 Å². The van der Waals surface area contributed by atoms with Gasteiger partial charge in [0.05, 0.1) is 27.5 Å². The minimum absolute atomic E-state index is 0.0170. The van der Waals surface area contributed by atoms with Crippen LogP contribution in [0.15, 0.2) is 42.5 Å². The van der Waals surface area contributed by atoms with Crippen molar-refractivity contribution in [3.8, 4) is 0 Å². The summed E-state index contributed by atoms with van der Waals surface area (Å²) in [4.78, 5) is 54.7. The number of para-hydroxylation sites is 1. The number of imide groups is 1. The molecule has 0 unspecified atom stereocenters. The fourth-order valence-electron chi connectivity index (χ4n) is 6.18. The van der Waals surface area contributed by atoms with Gasteiger partial charge in [-0.05, 0) is 31.5 Å². The Morgan fingerprint density at radius 3 is 2.69 bits per heavy atom. The first-order valence-electron chi connectivity index (χ1n) is 10.4. The minimum Gasteiger partial charge on any atom is -0.324 e. The Kier molecular flexibility index (Phi) is 3.86. The van der Waals surface area contributed by atoms with E-state index in [4.69, 9.17) is 11.6 Å². The number of rotatable bonds is 2. The molecular formula is C22H17ClN4O5. The zero-order valence-electron chi connectivity index (χ0n) is 16.7. The van der Waals surface area contributed by atoms with E-state index in [1.807, 2.05) is 23.1 Å². The predicted molar refractivity (Wildman–Crippen MR) is 114 cm³/mol. The second-order valence-corrected chi connectivity index (χ2v) is 8.98. The number of nitrogens with one attached hydrogen (secondary N) is 1.